The molecule has 24 heavy (non-hydrogen) atoms. The highest BCUT2D eigenvalue weighted by Crippen LogP contribution is 2.25. The van der Waals surface area contributed by atoms with Crippen LogP contribution in [0.5, 0.6) is 11.5 Å². The number of ether oxygens (including phenoxy) is 3. The minimum absolute atomic E-state index is 0.0596. The van der Waals surface area contributed by atoms with Crippen LogP contribution in [0.4, 0.5) is 0 Å². The van der Waals surface area contributed by atoms with Crippen LogP contribution < -0.4 is 9.47 Å². The van der Waals surface area contributed by atoms with E-state index in [1.165, 1.54) is 0 Å². The molecule has 0 N–H and O–H groups in total. The second kappa shape index (κ2) is 9.08. The maximum absolute atomic E-state index is 12.1. The van der Waals surface area contributed by atoms with E-state index in [4.69, 9.17) is 14.2 Å². The van der Waals surface area contributed by atoms with Gasteiger partial charge in [0.05, 0.1) is 6.61 Å². The van der Waals surface area contributed by atoms with Gasteiger partial charge < -0.3 is 14.2 Å². The molecular weight excluding hydrogens is 304 g/mol. The van der Waals surface area contributed by atoms with Crippen molar-refractivity contribution in [3.63, 3.8) is 0 Å². The summed E-state index contributed by atoms with van der Waals surface area (Å²) < 4.78 is 16.8. The summed E-state index contributed by atoms with van der Waals surface area (Å²) >= 11 is 0. The van der Waals surface area contributed by atoms with Gasteiger partial charge in [-0.25, -0.2) is 0 Å². The van der Waals surface area contributed by atoms with Crippen LogP contribution in [0.25, 0.3) is 0 Å². The zero-order chi connectivity index (χ0) is 17.4. The Labute approximate surface area is 143 Å². The van der Waals surface area contributed by atoms with Crippen LogP contribution in [-0.2, 0) is 11.3 Å². The monoisotopic (exact) mass is 328 g/mol. The van der Waals surface area contributed by atoms with E-state index >= 15 is 0 Å². The van der Waals surface area contributed by atoms with Crippen LogP contribution in [0.3, 0.4) is 0 Å². The number of ketones is 1. The average Bonchev–Trinajstić information content (AvgIpc) is 2.60. The quantitative estimate of drug-likeness (QED) is 0.645. The van der Waals surface area contributed by atoms with Gasteiger partial charge in [-0.1, -0.05) is 37.3 Å². The molecular formula is C20H24O4. The van der Waals surface area contributed by atoms with Crippen molar-refractivity contribution in [2.45, 2.75) is 33.0 Å². The van der Waals surface area contributed by atoms with E-state index < -0.39 is 0 Å². The van der Waals surface area contributed by atoms with Gasteiger partial charge in [0, 0.05) is 25.2 Å². The first kappa shape index (κ1) is 18.0. The maximum Gasteiger partial charge on any atom is 0.162 e. The first-order valence-electron chi connectivity index (χ1n) is 8.13. The van der Waals surface area contributed by atoms with Gasteiger partial charge in [-0.15, -0.1) is 0 Å². The number of hydrogen-bond acceptors (Lipinski definition) is 4. The lowest BCUT2D eigenvalue weighted by Crippen LogP contribution is -2.18. The Bertz CT molecular complexity index is 652. The van der Waals surface area contributed by atoms with Crippen molar-refractivity contribution in [1.82, 2.24) is 0 Å². The van der Waals surface area contributed by atoms with E-state index in [2.05, 4.69) is 0 Å². The molecule has 4 heteroatoms. The van der Waals surface area contributed by atoms with Crippen molar-refractivity contribution < 1.29 is 19.0 Å². The van der Waals surface area contributed by atoms with Gasteiger partial charge in [0.25, 0.3) is 0 Å². The van der Waals surface area contributed by atoms with Crippen molar-refractivity contribution in [1.29, 1.82) is 0 Å². The summed E-state index contributed by atoms with van der Waals surface area (Å²) in [6.45, 7) is 4.68. The minimum Gasteiger partial charge on any atom is -0.489 e. The van der Waals surface area contributed by atoms with Gasteiger partial charge in [0.1, 0.15) is 24.2 Å². The lowest BCUT2D eigenvalue weighted by Gasteiger charge is -2.16. The molecule has 2 aromatic rings. The molecule has 2 aromatic carbocycles. The van der Waals surface area contributed by atoms with Crippen molar-refractivity contribution >= 4 is 5.78 Å². The summed E-state index contributed by atoms with van der Waals surface area (Å²) in [6.07, 6.45) is 0.332. The fourth-order valence-corrected chi connectivity index (χ4v) is 2.33. The molecule has 0 saturated heterocycles. The standard InChI is InChI=1S/C20H24O4/c1-4-20(21)17-10-18(23-14-16-8-6-5-7-9-16)12-19(11-17)24-15(2)13-22-3/h5-12,15H,4,13-14H2,1-3H3/t15-/m0/s1. The number of Topliss-reactive ketones (excluding diaryl/α,β-unsaturated/α-hetero) is 1. The molecule has 2 rings (SSSR count). The molecule has 0 amide bonds. The largest absolute Gasteiger partial charge is 0.489 e. The minimum atomic E-state index is -0.107. The van der Waals surface area contributed by atoms with E-state index in [0.717, 1.165) is 5.56 Å². The van der Waals surface area contributed by atoms with E-state index in [9.17, 15) is 4.79 Å². The Morgan fingerprint density at radius 3 is 2.46 bits per heavy atom. The number of carbonyl (C=O) groups excluding carboxylic acids is 1. The molecule has 0 unspecified atom stereocenters. The SMILES string of the molecule is CCC(=O)c1cc(OCc2ccccc2)cc(O[C@@H](C)COC)c1. The molecule has 0 aliphatic rings. The van der Waals surface area contributed by atoms with Gasteiger partial charge in [0.2, 0.25) is 0 Å². The lowest BCUT2D eigenvalue weighted by atomic mass is 10.1. The van der Waals surface area contributed by atoms with Gasteiger partial charge in [0.15, 0.2) is 5.78 Å². The van der Waals surface area contributed by atoms with E-state index in [0.29, 0.717) is 36.7 Å². The summed E-state index contributed by atoms with van der Waals surface area (Å²) in [6, 6.07) is 15.2. The Morgan fingerprint density at radius 2 is 1.79 bits per heavy atom. The molecule has 1 atom stereocenters. The fraction of sp³-hybridized carbons (Fsp3) is 0.350. The summed E-state index contributed by atoms with van der Waals surface area (Å²) in [5.41, 5.74) is 1.67. The molecule has 4 nitrogen and oxygen atoms in total. The second-order valence-corrected chi connectivity index (χ2v) is 5.63. The Kier molecular flexibility index (Phi) is 6.82. The molecule has 0 heterocycles. The molecule has 0 fully saturated rings. The smallest absolute Gasteiger partial charge is 0.162 e. The van der Waals surface area contributed by atoms with Crippen LogP contribution in [0.15, 0.2) is 48.5 Å². The summed E-state index contributed by atoms with van der Waals surface area (Å²) in [7, 11) is 1.63. The van der Waals surface area contributed by atoms with Gasteiger partial charge in [-0.3, -0.25) is 4.79 Å². The van der Waals surface area contributed by atoms with Crippen molar-refractivity contribution in [2.75, 3.05) is 13.7 Å². The average molecular weight is 328 g/mol. The highest BCUT2D eigenvalue weighted by Gasteiger charge is 2.11. The molecule has 128 valence electrons. The number of carbonyl (C=O) groups is 1. The maximum atomic E-state index is 12.1. The van der Waals surface area contributed by atoms with Crippen LogP contribution in [-0.4, -0.2) is 25.6 Å². The van der Waals surface area contributed by atoms with Gasteiger partial charge >= 0.3 is 0 Å². The molecule has 0 aliphatic heterocycles. The number of methoxy groups -OCH3 is 1. The van der Waals surface area contributed by atoms with Crippen LogP contribution in [0, 0.1) is 0 Å². The molecule has 0 aliphatic carbocycles. The Balaban J connectivity index is 2.17. The molecule has 0 saturated carbocycles. The Morgan fingerprint density at radius 1 is 1.08 bits per heavy atom. The van der Waals surface area contributed by atoms with Gasteiger partial charge in [-0.05, 0) is 24.6 Å². The highest BCUT2D eigenvalue weighted by molar-refractivity contribution is 5.96. The van der Waals surface area contributed by atoms with E-state index in [1.807, 2.05) is 50.2 Å². The summed E-state index contributed by atoms with van der Waals surface area (Å²) in [5.74, 6) is 1.30. The molecule has 0 radical (unpaired) electrons. The van der Waals surface area contributed by atoms with E-state index in [-0.39, 0.29) is 11.9 Å². The van der Waals surface area contributed by atoms with Gasteiger partial charge in [-0.2, -0.15) is 0 Å². The third-order valence-electron chi connectivity index (χ3n) is 3.51. The second-order valence-electron chi connectivity index (χ2n) is 5.63. The number of hydrogen-bond donors (Lipinski definition) is 0. The first-order valence-corrected chi connectivity index (χ1v) is 8.13. The van der Waals surface area contributed by atoms with Crippen LogP contribution in [0.1, 0.15) is 36.2 Å². The molecule has 0 spiro atoms. The third kappa shape index (κ3) is 5.39. The van der Waals surface area contributed by atoms with Crippen molar-refractivity contribution in [3.8, 4) is 11.5 Å². The van der Waals surface area contributed by atoms with Crippen LogP contribution in [0.2, 0.25) is 0 Å². The summed E-state index contributed by atoms with van der Waals surface area (Å²) in [5, 5.41) is 0. The number of benzene rings is 2. The van der Waals surface area contributed by atoms with Crippen molar-refractivity contribution in [3.05, 3.63) is 59.7 Å². The predicted molar refractivity (Wildman–Crippen MR) is 93.8 cm³/mol. The zero-order valence-electron chi connectivity index (χ0n) is 14.5. The summed E-state index contributed by atoms with van der Waals surface area (Å²) in [4.78, 5) is 12.1. The highest BCUT2D eigenvalue weighted by atomic mass is 16.5. The normalized spacial score (nSPS) is 11.8. The molecule has 0 aromatic heterocycles. The third-order valence-corrected chi connectivity index (χ3v) is 3.51. The van der Waals surface area contributed by atoms with E-state index in [1.54, 1.807) is 19.2 Å². The Hall–Kier alpha value is -2.33. The molecule has 0 bridgehead atoms. The first-order chi connectivity index (χ1) is 11.6. The number of rotatable bonds is 9. The van der Waals surface area contributed by atoms with Crippen molar-refractivity contribution in [2.24, 2.45) is 0 Å². The predicted octanol–water partition coefficient (Wildman–Crippen LogP) is 4.27. The zero-order valence-corrected chi connectivity index (χ0v) is 14.5. The van der Waals surface area contributed by atoms with Crippen LogP contribution >= 0.6 is 0 Å². The lowest BCUT2D eigenvalue weighted by molar-refractivity contribution is 0.0912. The topological polar surface area (TPSA) is 44.8 Å². The fourth-order valence-electron chi connectivity index (χ4n) is 2.33.